The lowest BCUT2D eigenvalue weighted by Crippen LogP contribution is -2.26. The van der Waals surface area contributed by atoms with E-state index < -0.39 is 0 Å². The van der Waals surface area contributed by atoms with Gasteiger partial charge in [-0.25, -0.2) is 0 Å². The maximum Gasteiger partial charge on any atom is 0.317 e. The van der Waals surface area contributed by atoms with Crippen LogP contribution in [-0.2, 0) is 16.1 Å². The number of nitrogens with one attached hydrogen (secondary N) is 2. The van der Waals surface area contributed by atoms with Gasteiger partial charge < -0.3 is 24.7 Å². The Bertz CT molecular complexity index is 382. The monoisotopic (exact) mass is 271 g/mol. The number of nitrogens with zero attached hydrogens (tertiary/aromatic N) is 3. The minimum atomic E-state index is -0.0205. The van der Waals surface area contributed by atoms with Crippen molar-refractivity contribution in [2.45, 2.75) is 13.0 Å². The molecule has 108 valence electrons. The summed E-state index contributed by atoms with van der Waals surface area (Å²) in [6, 6.07) is 0.410. The van der Waals surface area contributed by atoms with Crippen LogP contribution >= 0.6 is 0 Å². The lowest BCUT2D eigenvalue weighted by Gasteiger charge is -2.12. The standard InChI is InChI=1S/C11H21N5O3/c1-12-9(17)4-6-16(2)11-15-14-10(19-11)8-13-5-7-18-3/h13H,4-8H2,1-3H3,(H,12,17). The van der Waals surface area contributed by atoms with Gasteiger partial charge in [0.15, 0.2) is 0 Å². The van der Waals surface area contributed by atoms with E-state index in [0.29, 0.717) is 38.0 Å². The van der Waals surface area contributed by atoms with Crippen LogP contribution in [0.15, 0.2) is 4.42 Å². The van der Waals surface area contributed by atoms with Gasteiger partial charge in [-0.15, -0.1) is 5.10 Å². The number of aromatic nitrogens is 2. The summed E-state index contributed by atoms with van der Waals surface area (Å²) in [4.78, 5) is 12.9. The van der Waals surface area contributed by atoms with Gasteiger partial charge in [-0.05, 0) is 0 Å². The Labute approximate surface area is 112 Å². The van der Waals surface area contributed by atoms with Crippen molar-refractivity contribution >= 4 is 11.9 Å². The summed E-state index contributed by atoms with van der Waals surface area (Å²) in [5, 5.41) is 13.5. The van der Waals surface area contributed by atoms with Gasteiger partial charge >= 0.3 is 6.01 Å². The van der Waals surface area contributed by atoms with E-state index in [9.17, 15) is 4.79 Å². The molecule has 0 aromatic carbocycles. The molecule has 1 amide bonds. The zero-order chi connectivity index (χ0) is 14.1. The smallest absolute Gasteiger partial charge is 0.317 e. The summed E-state index contributed by atoms with van der Waals surface area (Å²) in [7, 11) is 5.06. The Morgan fingerprint density at radius 3 is 2.95 bits per heavy atom. The Kier molecular flexibility index (Phi) is 6.83. The van der Waals surface area contributed by atoms with E-state index in [-0.39, 0.29) is 5.91 Å². The number of hydrogen-bond donors (Lipinski definition) is 2. The SMILES string of the molecule is CNC(=O)CCN(C)c1nnc(CNCCOC)o1. The highest BCUT2D eigenvalue weighted by Crippen LogP contribution is 2.10. The van der Waals surface area contributed by atoms with E-state index in [1.807, 2.05) is 0 Å². The molecule has 0 saturated carbocycles. The fraction of sp³-hybridized carbons (Fsp3) is 0.727. The topological polar surface area (TPSA) is 92.5 Å². The van der Waals surface area contributed by atoms with Crippen molar-refractivity contribution in [2.75, 3.05) is 45.8 Å². The van der Waals surface area contributed by atoms with E-state index in [0.717, 1.165) is 6.54 Å². The predicted molar refractivity (Wildman–Crippen MR) is 69.8 cm³/mol. The van der Waals surface area contributed by atoms with Crippen LogP contribution in [0.2, 0.25) is 0 Å². The lowest BCUT2D eigenvalue weighted by molar-refractivity contribution is -0.120. The van der Waals surface area contributed by atoms with Crippen LogP contribution in [0, 0.1) is 0 Å². The molecule has 8 heteroatoms. The fourth-order valence-corrected chi connectivity index (χ4v) is 1.33. The second-order valence-corrected chi connectivity index (χ2v) is 3.99. The molecule has 1 aromatic rings. The molecule has 0 fully saturated rings. The summed E-state index contributed by atoms with van der Waals surface area (Å²) in [5.41, 5.74) is 0. The average Bonchev–Trinajstić information content (AvgIpc) is 2.89. The molecule has 0 bridgehead atoms. The number of ether oxygens (including phenoxy) is 1. The molecule has 0 aliphatic heterocycles. The van der Waals surface area contributed by atoms with Crippen LogP contribution in [-0.4, -0.2) is 57.0 Å². The molecular formula is C11H21N5O3. The number of amides is 1. The van der Waals surface area contributed by atoms with E-state index >= 15 is 0 Å². The Hall–Kier alpha value is -1.67. The van der Waals surface area contributed by atoms with Crippen molar-refractivity contribution in [1.82, 2.24) is 20.8 Å². The molecule has 1 rings (SSSR count). The van der Waals surface area contributed by atoms with Gasteiger partial charge in [0.1, 0.15) is 0 Å². The molecule has 0 radical (unpaired) electrons. The summed E-state index contributed by atoms with van der Waals surface area (Å²) in [6.45, 7) is 2.38. The van der Waals surface area contributed by atoms with Gasteiger partial charge in [-0.2, -0.15) is 0 Å². The van der Waals surface area contributed by atoms with Crippen molar-refractivity contribution in [3.8, 4) is 0 Å². The van der Waals surface area contributed by atoms with Crippen LogP contribution < -0.4 is 15.5 Å². The first-order chi connectivity index (χ1) is 9.17. The first kappa shape index (κ1) is 15.4. The van der Waals surface area contributed by atoms with Gasteiger partial charge in [0.2, 0.25) is 11.8 Å². The Morgan fingerprint density at radius 2 is 2.26 bits per heavy atom. The highest BCUT2D eigenvalue weighted by atomic mass is 16.5. The van der Waals surface area contributed by atoms with Crippen molar-refractivity contribution in [2.24, 2.45) is 0 Å². The first-order valence-corrected chi connectivity index (χ1v) is 6.11. The Balaban J connectivity index is 2.34. The number of hydrogen-bond acceptors (Lipinski definition) is 7. The maximum absolute atomic E-state index is 11.1. The van der Waals surface area contributed by atoms with Crippen LogP contribution in [0.25, 0.3) is 0 Å². The molecule has 0 spiro atoms. The van der Waals surface area contributed by atoms with Gasteiger partial charge in [0.05, 0.1) is 13.2 Å². The normalized spacial score (nSPS) is 10.5. The molecule has 0 unspecified atom stereocenters. The summed E-state index contributed by atoms with van der Waals surface area (Å²) >= 11 is 0. The van der Waals surface area contributed by atoms with Gasteiger partial charge in [-0.3, -0.25) is 4.79 Å². The number of rotatable bonds is 9. The molecule has 19 heavy (non-hydrogen) atoms. The van der Waals surface area contributed by atoms with Crippen molar-refractivity contribution in [3.63, 3.8) is 0 Å². The van der Waals surface area contributed by atoms with Gasteiger partial charge in [0, 0.05) is 40.7 Å². The molecule has 0 aliphatic rings. The van der Waals surface area contributed by atoms with E-state index in [1.165, 1.54) is 0 Å². The van der Waals surface area contributed by atoms with E-state index in [2.05, 4.69) is 20.8 Å². The minimum Gasteiger partial charge on any atom is -0.407 e. The zero-order valence-electron chi connectivity index (χ0n) is 11.6. The average molecular weight is 271 g/mol. The number of carbonyl (C=O) groups is 1. The maximum atomic E-state index is 11.1. The first-order valence-electron chi connectivity index (χ1n) is 6.11. The highest BCUT2D eigenvalue weighted by molar-refractivity contribution is 5.76. The number of methoxy groups -OCH3 is 1. The second-order valence-electron chi connectivity index (χ2n) is 3.99. The van der Waals surface area contributed by atoms with E-state index in [4.69, 9.17) is 9.15 Å². The van der Waals surface area contributed by atoms with Crippen LogP contribution in [0.5, 0.6) is 0 Å². The van der Waals surface area contributed by atoms with Gasteiger partial charge in [-0.1, -0.05) is 5.10 Å². The van der Waals surface area contributed by atoms with Crippen LogP contribution in [0.3, 0.4) is 0 Å². The highest BCUT2D eigenvalue weighted by Gasteiger charge is 2.11. The molecule has 2 N–H and O–H groups in total. The molecule has 0 aliphatic carbocycles. The molecule has 1 heterocycles. The van der Waals surface area contributed by atoms with Crippen LogP contribution in [0.4, 0.5) is 6.01 Å². The predicted octanol–water partition coefficient (Wildman–Crippen LogP) is -0.622. The minimum absolute atomic E-state index is 0.0205. The molecule has 0 atom stereocenters. The van der Waals surface area contributed by atoms with Crippen molar-refractivity contribution in [3.05, 3.63) is 5.89 Å². The third-order valence-corrected chi connectivity index (χ3v) is 2.50. The quantitative estimate of drug-likeness (QED) is 0.578. The van der Waals surface area contributed by atoms with Gasteiger partial charge in [0.25, 0.3) is 0 Å². The van der Waals surface area contributed by atoms with Crippen molar-refractivity contribution < 1.29 is 13.9 Å². The fourth-order valence-electron chi connectivity index (χ4n) is 1.33. The van der Waals surface area contributed by atoms with Crippen molar-refractivity contribution in [1.29, 1.82) is 0 Å². The molecule has 8 nitrogen and oxygen atoms in total. The number of anilines is 1. The second kappa shape index (κ2) is 8.44. The Morgan fingerprint density at radius 1 is 1.47 bits per heavy atom. The lowest BCUT2D eigenvalue weighted by atomic mass is 10.4. The molecular weight excluding hydrogens is 250 g/mol. The summed E-state index contributed by atoms with van der Waals surface area (Å²) in [5.74, 6) is 0.491. The number of carbonyl (C=O) groups excluding carboxylic acids is 1. The zero-order valence-corrected chi connectivity index (χ0v) is 11.6. The summed E-state index contributed by atoms with van der Waals surface area (Å²) in [6.07, 6.45) is 0.386. The molecule has 1 aromatic heterocycles. The van der Waals surface area contributed by atoms with E-state index in [1.54, 1.807) is 26.1 Å². The third kappa shape index (κ3) is 5.66. The largest absolute Gasteiger partial charge is 0.407 e. The summed E-state index contributed by atoms with van der Waals surface area (Å²) < 4.78 is 10.4. The molecule has 0 saturated heterocycles. The van der Waals surface area contributed by atoms with Crippen LogP contribution in [0.1, 0.15) is 12.3 Å². The third-order valence-electron chi connectivity index (χ3n) is 2.50.